The highest BCUT2D eigenvalue weighted by Crippen LogP contribution is 2.23. The third kappa shape index (κ3) is 5.59. The van der Waals surface area contributed by atoms with Gasteiger partial charge in [-0.05, 0) is 36.6 Å². The number of hydrogen-bond acceptors (Lipinski definition) is 6. The molecule has 1 amide bonds. The van der Waals surface area contributed by atoms with Crippen LogP contribution in [0.15, 0.2) is 53.7 Å². The van der Waals surface area contributed by atoms with Crippen LogP contribution in [0.3, 0.4) is 0 Å². The topological polar surface area (TPSA) is 103 Å². The molecule has 1 aliphatic heterocycles. The highest BCUT2D eigenvalue weighted by atomic mass is 32.2. The van der Waals surface area contributed by atoms with E-state index in [9.17, 15) is 13.2 Å². The monoisotopic (exact) mass is 444 g/mol. The number of rotatable bonds is 8. The van der Waals surface area contributed by atoms with Gasteiger partial charge in [0.25, 0.3) is 0 Å². The molecule has 0 saturated carbocycles. The van der Waals surface area contributed by atoms with Gasteiger partial charge >= 0.3 is 0 Å². The fourth-order valence-corrected chi connectivity index (χ4v) is 5.63. The van der Waals surface area contributed by atoms with Crippen molar-refractivity contribution in [3.63, 3.8) is 0 Å². The predicted molar refractivity (Wildman–Crippen MR) is 116 cm³/mol. The number of thioether (sulfide) groups is 1. The normalized spacial score (nSPS) is 15.4. The average Bonchev–Trinajstić information content (AvgIpc) is 2.79. The molecule has 2 heterocycles. The second kappa shape index (κ2) is 10.6. The molecule has 9 heteroatoms. The van der Waals surface area contributed by atoms with Crippen molar-refractivity contribution in [2.75, 3.05) is 25.4 Å². The van der Waals surface area contributed by atoms with E-state index in [1.165, 1.54) is 22.8 Å². The van der Waals surface area contributed by atoms with E-state index in [0.29, 0.717) is 38.0 Å². The predicted octanol–water partition coefficient (Wildman–Crippen LogP) is 2.40. The molecule has 1 N–H and O–H groups in total. The smallest absolute Gasteiger partial charge is 0.244 e. The summed E-state index contributed by atoms with van der Waals surface area (Å²) in [6.45, 7) is 1.20. The molecule has 1 aromatic carbocycles. The summed E-state index contributed by atoms with van der Waals surface area (Å²) in [6.07, 6.45) is 3.90. The molecule has 0 spiro atoms. The maximum Gasteiger partial charge on any atom is 0.244 e. The van der Waals surface area contributed by atoms with Crippen LogP contribution in [0, 0.1) is 17.2 Å². The van der Waals surface area contributed by atoms with Crippen LogP contribution in [0.1, 0.15) is 24.0 Å². The number of nitrogens with one attached hydrogen (secondary N) is 1. The Hall–Kier alpha value is -2.41. The zero-order valence-corrected chi connectivity index (χ0v) is 18.2. The number of piperidine rings is 1. The molecular weight excluding hydrogens is 420 g/mol. The van der Waals surface area contributed by atoms with Gasteiger partial charge < -0.3 is 5.32 Å². The summed E-state index contributed by atoms with van der Waals surface area (Å²) in [5, 5.41) is 12.1. The summed E-state index contributed by atoms with van der Waals surface area (Å²) < 4.78 is 26.7. The molecular formula is C21H24N4O3S2. The number of benzene rings is 1. The van der Waals surface area contributed by atoms with Gasteiger partial charge in [-0.25, -0.2) is 8.42 Å². The van der Waals surface area contributed by atoms with Crippen molar-refractivity contribution in [1.29, 1.82) is 5.26 Å². The fourth-order valence-electron chi connectivity index (χ4n) is 3.34. The lowest BCUT2D eigenvalue weighted by Gasteiger charge is -2.30. The number of nitrogens with zero attached hydrogens (tertiary/aromatic N) is 3. The van der Waals surface area contributed by atoms with E-state index >= 15 is 0 Å². The van der Waals surface area contributed by atoms with E-state index in [4.69, 9.17) is 5.26 Å². The zero-order valence-electron chi connectivity index (χ0n) is 16.5. The molecule has 30 heavy (non-hydrogen) atoms. The minimum atomic E-state index is -3.55. The van der Waals surface area contributed by atoms with Crippen LogP contribution in [-0.4, -0.2) is 49.0 Å². The van der Waals surface area contributed by atoms with E-state index in [0.717, 1.165) is 17.1 Å². The quantitative estimate of drug-likeness (QED) is 0.627. The third-order valence-electron chi connectivity index (χ3n) is 5.04. The van der Waals surface area contributed by atoms with Crippen molar-refractivity contribution in [3.05, 3.63) is 59.9 Å². The van der Waals surface area contributed by atoms with E-state index in [-0.39, 0.29) is 16.7 Å². The molecule has 0 unspecified atom stereocenters. The summed E-state index contributed by atoms with van der Waals surface area (Å²) in [4.78, 5) is 16.5. The Morgan fingerprint density at radius 2 is 2.00 bits per heavy atom. The number of amides is 1. The van der Waals surface area contributed by atoms with Gasteiger partial charge in [-0.2, -0.15) is 21.3 Å². The van der Waals surface area contributed by atoms with Crippen LogP contribution in [0.25, 0.3) is 0 Å². The SMILES string of the molecule is N#Cc1ccccc1CSCCNC(=O)C1CCN(S(=O)(=O)c2cccnc2)CC1. The van der Waals surface area contributed by atoms with Gasteiger partial charge in [-0.3, -0.25) is 9.78 Å². The second-order valence-electron chi connectivity index (χ2n) is 6.98. The molecule has 3 rings (SSSR count). The third-order valence-corrected chi connectivity index (χ3v) is 7.93. The van der Waals surface area contributed by atoms with Crippen LogP contribution < -0.4 is 5.32 Å². The number of aromatic nitrogens is 1. The molecule has 1 fully saturated rings. The Balaban J connectivity index is 1.39. The minimum absolute atomic E-state index is 0.0218. The maximum atomic E-state index is 12.6. The molecule has 2 aromatic rings. The van der Waals surface area contributed by atoms with Gasteiger partial charge in [0.05, 0.1) is 11.6 Å². The first-order valence-corrected chi connectivity index (χ1v) is 12.4. The Morgan fingerprint density at radius 3 is 2.70 bits per heavy atom. The van der Waals surface area contributed by atoms with Gasteiger partial charge in [0.2, 0.25) is 15.9 Å². The van der Waals surface area contributed by atoms with Crippen LogP contribution >= 0.6 is 11.8 Å². The van der Waals surface area contributed by atoms with Crippen molar-refractivity contribution in [3.8, 4) is 6.07 Å². The van der Waals surface area contributed by atoms with Gasteiger partial charge in [-0.15, -0.1) is 0 Å². The lowest BCUT2D eigenvalue weighted by atomic mass is 9.97. The first-order valence-electron chi connectivity index (χ1n) is 9.76. The van der Waals surface area contributed by atoms with Crippen molar-refractivity contribution >= 4 is 27.7 Å². The first kappa shape index (κ1) is 22.3. The number of hydrogen-bond donors (Lipinski definition) is 1. The van der Waals surface area contributed by atoms with Crippen molar-refractivity contribution in [2.24, 2.45) is 5.92 Å². The molecule has 158 valence electrons. The van der Waals surface area contributed by atoms with Gasteiger partial charge in [0, 0.05) is 49.5 Å². The fraction of sp³-hybridized carbons (Fsp3) is 0.381. The Bertz CT molecular complexity index is 998. The molecule has 1 aromatic heterocycles. The summed E-state index contributed by atoms with van der Waals surface area (Å²) in [5.41, 5.74) is 1.68. The molecule has 0 aliphatic carbocycles. The molecule has 1 aliphatic rings. The number of carbonyl (C=O) groups excluding carboxylic acids is 1. The van der Waals surface area contributed by atoms with Crippen molar-refractivity contribution < 1.29 is 13.2 Å². The number of sulfonamides is 1. The van der Waals surface area contributed by atoms with E-state index in [1.807, 2.05) is 18.2 Å². The lowest BCUT2D eigenvalue weighted by molar-refractivity contribution is -0.125. The van der Waals surface area contributed by atoms with Crippen LogP contribution in [0.5, 0.6) is 0 Å². The van der Waals surface area contributed by atoms with E-state index in [2.05, 4.69) is 16.4 Å². The number of nitriles is 1. The van der Waals surface area contributed by atoms with Crippen LogP contribution in [-0.2, 0) is 20.6 Å². The molecule has 1 saturated heterocycles. The van der Waals surface area contributed by atoms with E-state index < -0.39 is 10.0 Å². The summed E-state index contributed by atoms with van der Waals surface area (Å²) in [6, 6.07) is 12.8. The van der Waals surface area contributed by atoms with Gasteiger partial charge in [0.1, 0.15) is 4.90 Å². The highest BCUT2D eigenvalue weighted by molar-refractivity contribution is 7.98. The van der Waals surface area contributed by atoms with Gasteiger partial charge in [0.15, 0.2) is 0 Å². The van der Waals surface area contributed by atoms with Crippen molar-refractivity contribution in [2.45, 2.75) is 23.5 Å². The minimum Gasteiger partial charge on any atom is -0.355 e. The van der Waals surface area contributed by atoms with Crippen molar-refractivity contribution in [1.82, 2.24) is 14.6 Å². The largest absolute Gasteiger partial charge is 0.355 e. The summed E-state index contributed by atoms with van der Waals surface area (Å²) in [7, 11) is -3.55. The zero-order chi connectivity index (χ0) is 21.4. The second-order valence-corrected chi connectivity index (χ2v) is 10.0. The molecule has 0 radical (unpaired) electrons. The van der Waals surface area contributed by atoms with Crippen LogP contribution in [0.4, 0.5) is 0 Å². The first-order chi connectivity index (χ1) is 14.5. The summed E-state index contributed by atoms with van der Waals surface area (Å²) in [5.74, 6) is 1.28. The lowest BCUT2D eigenvalue weighted by Crippen LogP contribution is -2.43. The van der Waals surface area contributed by atoms with Gasteiger partial charge in [-0.1, -0.05) is 18.2 Å². The number of carbonyl (C=O) groups is 1. The van der Waals surface area contributed by atoms with Crippen LogP contribution in [0.2, 0.25) is 0 Å². The molecule has 0 bridgehead atoms. The van der Waals surface area contributed by atoms with E-state index in [1.54, 1.807) is 23.9 Å². The Morgan fingerprint density at radius 1 is 1.23 bits per heavy atom. The molecule has 7 nitrogen and oxygen atoms in total. The Kier molecular flexibility index (Phi) is 7.85. The highest BCUT2D eigenvalue weighted by Gasteiger charge is 2.32. The average molecular weight is 445 g/mol. The molecule has 0 atom stereocenters. The standard InChI is InChI=1S/C21H24N4O3S2/c22-14-18-4-1-2-5-19(18)16-29-13-10-24-21(26)17-7-11-25(12-8-17)30(27,28)20-6-3-9-23-15-20/h1-6,9,15,17H,7-8,10-13,16H2,(H,24,26). The maximum absolute atomic E-state index is 12.6. The Labute approximate surface area is 181 Å². The number of pyridine rings is 1. The summed E-state index contributed by atoms with van der Waals surface area (Å²) >= 11 is 1.67.